The number of hydrogen-bond donors (Lipinski definition) is 0. The summed E-state index contributed by atoms with van der Waals surface area (Å²) >= 11 is 8.16. The zero-order valence-corrected chi connectivity index (χ0v) is 15.4. The van der Waals surface area contributed by atoms with Gasteiger partial charge in [0.2, 0.25) is 0 Å². The Bertz CT molecular complexity index is 895. The van der Waals surface area contributed by atoms with Gasteiger partial charge in [-0.2, -0.15) is 0 Å². The van der Waals surface area contributed by atoms with Crippen molar-refractivity contribution in [3.8, 4) is 0 Å². The molecule has 3 aromatic rings. The number of thiophene rings is 1. The molecule has 2 aliphatic heterocycles. The van der Waals surface area contributed by atoms with Gasteiger partial charge in [-0.25, -0.2) is 0 Å². The molecule has 2 bridgehead atoms. The van der Waals surface area contributed by atoms with Gasteiger partial charge < -0.3 is 4.57 Å². The molecular formula is C20H21ClN2S. The zero-order chi connectivity index (χ0) is 16.3. The van der Waals surface area contributed by atoms with Gasteiger partial charge in [0.05, 0.1) is 14.6 Å². The lowest BCUT2D eigenvalue weighted by molar-refractivity contribution is 0.142. The van der Waals surface area contributed by atoms with Crippen LogP contribution in [0.1, 0.15) is 41.6 Å². The fourth-order valence-corrected chi connectivity index (χ4v) is 6.08. The first-order valence-corrected chi connectivity index (χ1v) is 9.97. The first-order valence-electron chi connectivity index (χ1n) is 8.78. The number of rotatable bonds is 3. The molecule has 2 atom stereocenters. The summed E-state index contributed by atoms with van der Waals surface area (Å²) in [5.41, 5.74) is 5.96. The number of aromatic nitrogens is 1. The standard InChI is InChI=1S/C20H21ClN2S/c1-22-12-14-7-8-15(22)18-19(14)23(16-11-17(21)24-20(16)18)10-9-13-5-3-2-4-6-13/h2-6,11,14-15H,7-10,12H2,1H3. The first-order chi connectivity index (χ1) is 11.7. The Labute approximate surface area is 151 Å². The highest BCUT2D eigenvalue weighted by atomic mass is 35.5. The maximum Gasteiger partial charge on any atom is 0.0956 e. The van der Waals surface area contributed by atoms with Crippen LogP contribution in [0.2, 0.25) is 4.34 Å². The summed E-state index contributed by atoms with van der Waals surface area (Å²) in [5.74, 6) is 0.684. The Hall–Kier alpha value is -1.29. The van der Waals surface area contributed by atoms with Gasteiger partial charge >= 0.3 is 0 Å². The molecule has 4 heterocycles. The molecule has 1 fully saturated rings. The normalized spacial score (nSPS) is 23.1. The number of piperidine rings is 1. The first kappa shape index (κ1) is 15.0. The highest BCUT2D eigenvalue weighted by molar-refractivity contribution is 7.22. The summed E-state index contributed by atoms with van der Waals surface area (Å²) in [4.78, 5) is 2.55. The lowest BCUT2D eigenvalue weighted by Crippen LogP contribution is -2.40. The molecule has 4 heteroatoms. The van der Waals surface area contributed by atoms with Crippen molar-refractivity contribution in [2.75, 3.05) is 13.6 Å². The molecule has 0 spiro atoms. The van der Waals surface area contributed by atoms with E-state index in [0.717, 1.165) is 17.3 Å². The number of likely N-dealkylation sites (N-methyl/N-ethyl adjacent to an activating group) is 1. The van der Waals surface area contributed by atoms with E-state index >= 15 is 0 Å². The highest BCUT2D eigenvalue weighted by Crippen LogP contribution is 2.52. The molecule has 124 valence electrons. The van der Waals surface area contributed by atoms with Gasteiger partial charge in [0.15, 0.2) is 0 Å². The second-order valence-electron chi connectivity index (χ2n) is 7.18. The number of nitrogens with zero attached hydrogens (tertiary/aromatic N) is 2. The lowest BCUT2D eigenvalue weighted by atomic mass is 9.79. The second-order valence-corrected chi connectivity index (χ2v) is 8.86. The number of hydrogen-bond acceptors (Lipinski definition) is 2. The topological polar surface area (TPSA) is 8.17 Å². The molecule has 0 amide bonds. The van der Waals surface area contributed by atoms with E-state index in [1.165, 1.54) is 35.2 Å². The molecule has 3 aliphatic rings. The Morgan fingerprint density at radius 1 is 1.21 bits per heavy atom. The molecular weight excluding hydrogens is 336 g/mol. The smallest absolute Gasteiger partial charge is 0.0956 e. The summed E-state index contributed by atoms with van der Waals surface area (Å²) in [6.45, 7) is 2.25. The van der Waals surface area contributed by atoms with Crippen molar-refractivity contribution in [1.82, 2.24) is 9.47 Å². The Kier molecular flexibility index (Phi) is 3.51. The summed E-state index contributed by atoms with van der Waals surface area (Å²) in [6, 6.07) is 13.6. The van der Waals surface area contributed by atoms with E-state index in [2.05, 4.69) is 52.9 Å². The van der Waals surface area contributed by atoms with Gasteiger partial charge in [-0.1, -0.05) is 41.9 Å². The van der Waals surface area contributed by atoms with Gasteiger partial charge in [-0.15, -0.1) is 11.3 Å². The van der Waals surface area contributed by atoms with Crippen molar-refractivity contribution in [2.24, 2.45) is 0 Å². The van der Waals surface area contributed by atoms with Crippen molar-refractivity contribution >= 4 is 33.2 Å². The van der Waals surface area contributed by atoms with Gasteiger partial charge in [0.1, 0.15) is 0 Å². The average molecular weight is 357 g/mol. The monoisotopic (exact) mass is 356 g/mol. The molecule has 2 aromatic heterocycles. The molecule has 6 rings (SSSR count). The molecule has 1 aromatic carbocycles. The number of fused-ring (bicyclic) bond motifs is 3. The van der Waals surface area contributed by atoms with Gasteiger partial charge in [0, 0.05) is 36.3 Å². The van der Waals surface area contributed by atoms with E-state index in [0.29, 0.717) is 12.0 Å². The van der Waals surface area contributed by atoms with Crippen LogP contribution in [0.3, 0.4) is 0 Å². The molecule has 1 saturated heterocycles. The Morgan fingerprint density at radius 3 is 2.83 bits per heavy atom. The Balaban J connectivity index is 1.62. The fourth-order valence-electron chi connectivity index (χ4n) is 4.76. The van der Waals surface area contributed by atoms with E-state index in [-0.39, 0.29) is 0 Å². The van der Waals surface area contributed by atoms with Crippen molar-refractivity contribution in [1.29, 1.82) is 0 Å². The molecule has 0 radical (unpaired) electrons. The van der Waals surface area contributed by atoms with Crippen molar-refractivity contribution in [3.63, 3.8) is 0 Å². The van der Waals surface area contributed by atoms with Crippen LogP contribution in [0, 0.1) is 0 Å². The molecule has 2 nitrogen and oxygen atoms in total. The van der Waals surface area contributed by atoms with Crippen molar-refractivity contribution in [3.05, 3.63) is 57.6 Å². The summed E-state index contributed by atoms with van der Waals surface area (Å²) < 4.78 is 4.94. The Morgan fingerprint density at radius 2 is 2.04 bits per heavy atom. The number of halogens is 1. The van der Waals surface area contributed by atoms with Gasteiger partial charge in [-0.3, -0.25) is 4.90 Å². The molecule has 1 aliphatic carbocycles. The fraction of sp³-hybridized carbons (Fsp3) is 0.400. The number of aryl methyl sites for hydroxylation is 2. The van der Waals surface area contributed by atoms with Crippen LogP contribution >= 0.6 is 22.9 Å². The molecule has 0 saturated carbocycles. The van der Waals surface area contributed by atoms with Crippen LogP contribution in [0.5, 0.6) is 0 Å². The summed E-state index contributed by atoms with van der Waals surface area (Å²) in [5, 5.41) is 0. The predicted octanol–water partition coefficient (Wildman–Crippen LogP) is 5.46. The van der Waals surface area contributed by atoms with E-state index in [4.69, 9.17) is 11.6 Å². The van der Waals surface area contributed by atoms with E-state index < -0.39 is 0 Å². The van der Waals surface area contributed by atoms with Crippen LogP contribution in [0.15, 0.2) is 36.4 Å². The van der Waals surface area contributed by atoms with Crippen molar-refractivity contribution in [2.45, 2.75) is 37.8 Å². The van der Waals surface area contributed by atoms with E-state index in [9.17, 15) is 0 Å². The second kappa shape index (κ2) is 5.62. The molecule has 0 N–H and O–H groups in total. The van der Waals surface area contributed by atoms with E-state index in [1.54, 1.807) is 22.6 Å². The van der Waals surface area contributed by atoms with Crippen LogP contribution in [-0.4, -0.2) is 23.1 Å². The molecule has 2 unspecified atom stereocenters. The van der Waals surface area contributed by atoms with Crippen LogP contribution in [0.4, 0.5) is 0 Å². The van der Waals surface area contributed by atoms with Gasteiger partial charge in [0.25, 0.3) is 0 Å². The van der Waals surface area contributed by atoms with Gasteiger partial charge in [-0.05, 0) is 37.9 Å². The maximum absolute atomic E-state index is 6.39. The van der Waals surface area contributed by atoms with Crippen LogP contribution in [-0.2, 0) is 13.0 Å². The highest BCUT2D eigenvalue weighted by Gasteiger charge is 2.41. The quantitative estimate of drug-likeness (QED) is 0.604. The maximum atomic E-state index is 6.39. The largest absolute Gasteiger partial charge is 0.343 e. The third kappa shape index (κ3) is 2.18. The summed E-state index contributed by atoms with van der Waals surface area (Å²) in [7, 11) is 2.28. The lowest BCUT2D eigenvalue weighted by Gasteiger charge is -2.44. The number of benzene rings is 1. The minimum atomic E-state index is 0.584. The summed E-state index contributed by atoms with van der Waals surface area (Å²) in [6.07, 6.45) is 3.71. The van der Waals surface area contributed by atoms with E-state index in [1.807, 2.05) is 0 Å². The SMILES string of the molecule is CN1CC2CCC1c1c2n(CCc2ccccc2)c2cc(Cl)sc12. The average Bonchev–Trinajstić information content (AvgIpc) is 3.11. The van der Waals surface area contributed by atoms with Crippen LogP contribution < -0.4 is 0 Å². The van der Waals surface area contributed by atoms with Crippen LogP contribution in [0.25, 0.3) is 10.2 Å². The molecule has 24 heavy (non-hydrogen) atoms. The predicted molar refractivity (Wildman–Crippen MR) is 102 cm³/mol. The third-order valence-corrected chi connectivity index (χ3v) is 7.09. The minimum absolute atomic E-state index is 0.584. The zero-order valence-electron chi connectivity index (χ0n) is 13.8. The minimum Gasteiger partial charge on any atom is -0.343 e. The van der Waals surface area contributed by atoms with Crippen molar-refractivity contribution < 1.29 is 0 Å². The third-order valence-electron chi connectivity index (χ3n) is 5.80.